The van der Waals surface area contributed by atoms with Crippen molar-refractivity contribution in [1.29, 1.82) is 0 Å². The molecule has 0 radical (unpaired) electrons. The largest absolute Gasteiger partial charge is 0.507 e. The molecule has 0 unspecified atom stereocenters. The summed E-state index contributed by atoms with van der Waals surface area (Å²) < 4.78 is 50.5. The Morgan fingerprint density at radius 1 is 0.512 bits per heavy atom. The number of carbonyl (C=O) groups excluding carboxylic acids is 11. The smallest absolute Gasteiger partial charge is 0.408 e. The number of benzene rings is 6. The number of para-hydroxylation sites is 3. The SMILES string of the molecule is C#C[C@@H](CC)NC(=O)OC(C)(C)C.CC(C)(C)[Si](C)(C)OCCBr.CC[C@H](C#Cc1ccc(NC=O)cc1OCCO)NC(=O)OC(C)(C)C.CC[C@H](CCc1ccc(NC=O)cc1OCCO)NC(=O)OC(C)(C)C.COc1ccccc1I.COc1ccccc1N.O=C=O.O=C=O.O=CNc1ccc(I)c(O)c1.O=CNc1ccc(I)c(OCCO)c1. The minimum absolute atomic E-state index is 0.0247. The Labute approximate surface area is 785 Å². The Morgan fingerprint density at radius 3 is 1.28 bits per heavy atom. The lowest BCUT2D eigenvalue weighted by atomic mass is 10.0. The van der Waals surface area contributed by atoms with Crippen LogP contribution in [0.3, 0.4) is 0 Å². The molecule has 0 heterocycles. The quantitative estimate of drug-likeness (QED) is 0.00366. The number of nitrogens with one attached hydrogen (secondary N) is 7. The highest BCUT2D eigenvalue weighted by atomic mass is 127. The number of aliphatic hydroxyl groups excluding tert-OH is 3. The van der Waals surface area contributed by atoms with Gasteiger partial charge >= 0.3 is 30.6 Å². The molecular formula is C88H124BrI3N8O24Si. The predicted molar refractivity (Wildman–Crippen MR) is 514 cm³/mol. The number of rotatable bonds is 31. The van der Waals surface area contributed by atoms with Crippen LogP contribution in [0.4, 0.5) is 42.8 Å². The van der Waals surface area contributed by atoms with Gasteiger partial charge in [0.05, 0.1) is 68.1 Å². The van der Waals surface area contributed by atoms with E-state index in [9.17, 15) is 33.6 Å². The van der Waals surface area contributed by atoms with Crippen molar-refractivity contribution in [2.75, 3.05) is 92.8 Å². The van der Waals surface area contributed by atoms with Gasteiger partial charge in [-0.2, -0.15) is 19.2 Å². The van der Waals surface area contributed by atoms with Crippen molar-refractivity contribution in [3.05, 3.63) is 143 Å². The number of hydrogen-bond donors (Lipinski definition) is 12. The molecule has 692 valence electrons. The van der Waals surface area contributed by atoms with Crippen LogP contribution in [0.15, 0.2) is 121 Å². The third-order valence-corrected chi connectivity index (χ3v) is 22.7. The molecule has 7 amide bonds. The molecule has 0 aliphatic carbocycles. The fourth-order valence-corrected chi connectivity index (χ4v) is 11.3. The topological polar surface area (TPSA) is 462 Å². The number of alkyl carbamates (subject to hydrolysis) is 3. The van der Waals surface area contributed by atoms with Crippen LogP contribution < -0.4 is 66.6 Å². The van der Waals surface area contributed by atoms with Crippen molar-refractivity contribution in [2.24, 2.45) is 0 Å². The van der Waals surface area contributed by atoms with Crippen molar-refractivity contribution in [1.82, 2.24) is 16.0 Å². The zero-order valence-electron chi connectivity index (χ0n) is 74.4. The summed E-state index contributed by atoms with van der Waals surface area (Å²) in [6.45, 7) is 34.5. The maximum Gasteiger partial charge on any atom is 0.408 e. The number of alkyl halides is 1. The summed E-state index contributed by atoms with van der Waals surface area (Å²) in [5.74, 6) is 12.0. The van der Waals surface area contributed by atoms with Crippen LogP contribution in [-0.2, 0) is 63.4 Å². The zero-order valence-corrected chi connectivity index (χ0v) is 83.5. The lowest BCUT2D eigenvalue weighted by molar-refractivity contribution is -0.193. The monoisotopic (exact) mass is 2160 g/mol. The first-order valence-corrected chi connectivity index (χ1v) is 46.0. The number of aromatic hydroxyl groups is 1. The van der Waals surface area contributed by atoms with Crippen molar-refractivity contribution in [3.8, 4) is 58.7 Å². The van der Waals surface area contributed by atoms with Gasteiger partial charge in [0.2, 0.25) is 25.6 Å². The van der Waals surface area contributed by atoms with Gasteiger partial charge in [0.15, 0.2) is 8.32 Å². The lowest BCUT2D eigenvalue weighted by Crippen LogP contribution is -2.41. The Kier molecular flexibility index (Phi) is 68.4. The van der Waals surface area contributed by atoms with Crippen LogP contribution in [-0.4, -0.2) is 186 Å². The van der Waals surface area contributed by atoms with Crippen LogP contribution in [0.2, 0.25) is 18.1 Å². The third kappa shape index (κ3) is 62.9. The van der Waals surface area contributed by atoms with Gasteiger partial charge in [0.25, 0.3) is 0 Å². The summed E-state index contributed by atoms with van der Waals surface area (Å²) in [4.78, 5) is 109. The van der Waals surface area contributed by atoms with E-state index in [0.717, 1.165) is 46.1 Å². The van der Waals surface area contributed by atoms with E-state index >= 15 is 0 Å². The Bertz CT molecular complexity index is 4210. The molecule has 0 saturated heterocycles. The summed E-state index contributed by atoms with van der Waals surface area (Å²) in [6.07, 6.45) is 10.1. The molecule has 0 fully saturated rings. The second-order valence-corrected chi connectivity index (χ2v) is 38.5. The minimum atomic E-state index is -1.46. The molecule has 0 bridgehead atoms. The summed E-state index contributed by atoms with van der Waals surface area (Å²) in [7, 11) is 1.83. The summed E-state index contributed by atoms with van der Waals surface area (Å²) in [6, 6.07) is 35.3. The van der Waals surface area contributed by atoms with Crippen molar-refractivity contribution in [3.63, 3.8) is 0 Å². The predicted octanol–water partition coefficient (Wildman–Crippen LogP) is 15.7. The van der Waals surface area contributed by atoms with E-state index in [1.54, 1.807) is 95.7 Å². The van der Waals surface area contributed by atoms with Crippen molar-refractivity contribution in [2.45, 2.75) is 189 Å². The summed E-state index contributed by atoms with van der Waals surface area (Å²) >= 11 is 9.73. The molecule has 0 aliphatic rings. The van der Waals surface area contributed by atoms with Crippen LogP contribution in [0.5, 0.6) is 34.5 Å². The number of hydrogen-bond acceptors (Lipinski definition) is 25. The maximum atomic E-state index is 11.9. The minimum Gasteiger partial charge on any atom is -0.507 e. The fourth-order valence-electron chi connectivity index (χ4n) is 8.40. The van der Waals surface area contributed by atoms with Crippen LogP contribution in [0.1, 0.15) is 141 Å². The first kappa shape index (κ1) is 122. The number of aryl methyl sites for hydroxylation is 1. The first-order valence-electron chi connectivity index (χ1n) is 38.7. The molecule has 32 nitrogen and oxygen atoms in total. The Balaban J connectivity index is -0.000000684. The van der Waals surface area contributed by atoms with Gasteiger partial charge in [0.1, 0.15) is 71.1 Å². The standard InChI is InChI=1S/C19H30N2O5.C19H26N2O5.C10H17NO2.C9H10INO3.C8H19BrOSi.C7H6INO2.C7H7IO.C7H9NO.2CO2/c2*1-5-15(21-18(24)26-19(2,3)4)8-6-14-7-9-16(20-13-23)12-17(14)25-11-10-22;1-6-8(7-2)11-9(12)13-10(3,4)5;10-8-2-1-7(11-6-13)5-9(8)14-4-3-12;1-8(2,3)11(4,5)10-7-6-9;8-6-2-1-5(9-4-10)3-7(6)11;2*1-9-7-5-3-2-4-6(7)8;2*2-1-3/h7,9,12-13,15,22H,5-6,8,10-11H2,1-4H3,(H,20,23)(H,21,24);7,9,12-13,15,22H,5,10-11H2,1-4H3,(H,20,23)(H,21,24);1,8H,7H2,2-5H3,(H,11,12);1-2,5-6,12H,3-4H2,(H,11,13);6-7H2,1-5H3;1-4,11H,(H,9,10);2-5H,1H3;2-5H,8H2,1H3;;/t2*15-;8-;;;;;;;/m110......./s1. The highest BCUT2D eigenvalue weighted by Gasteiger charge is 2.37. The van der Waals surface area contributed by atoms with Gasteiger partial charge < -0.3 is 106 Å². The zero-order chi connectivity index (χ0) is 96.2. The molecule has 37 heteroatoms. The highest BCUT2D eigenvalue weighted by molar-refractivity contribution is 14.1. The molecule has 6 aromatic carbocycles. The molecule has 6 rings (SSSR count). The number of amides is 7. The van der Waals surface area contributed by atoms with E-state index < -0.39 is 43.4 Å². The number of aliphatic hydroxyl groups is 3. The lowest BCUT2D eigenvalue weighted by Gasteiger charge is -2.35. The first-order chi connectivity index (χ1) is 58.8. The second-order valence-electron chi connectivity index (χ2n) is 29.4. The van der Waals surface area contributed by atoms with Crippen LogP contribution in [0.25, 0.3) is 0 Å². The number of methoxy groups -OCH3 is 2. The van der Waals surface area contributed by atoms with Gasteiger partial charge in [-0.25, -0.2) is 14.4 Å². The molecule has 6 aromatic rings. The van der Waals surface area contributed by atoms with Gasteiger partial charge in [-0.1, -0.05) is 106 Å². The van der Waals surface area contributed by atoms with E-state index in [4.69, 9.17) is 94.1 Å². The van der Waals surface area contributed by atoms with E-state index in [-0.39, 0.29) is 75.8 Å². The number of phenols is 1. The summed E-state index contributed by atoms with van der Waals surface area (Å²) in [5.41, 5.74) is 8.57. The molecule has 3 atom stereocenters. The third-order valence-electron chi connectivity index (χ3n) is 15.2. The number of nitrogens with two attached hydrogens (primary N) is 1. The van der Waals surface area contributed by atoms with Gasteiger partial charge in [-0.3, -0.25) is 19.2 Å². The molecule has 125 heavy (non-hydrogen) atoms. The van der Waals surface area contributed by atoms with Gasteiger partial charge in [0, 0.05) is 65.0 Å². The average molecular weight is 2170 g/mol. The van der Waals surface area contributed by atoms with E-state index in [1.165, 1.54) is 6.07 Å². The number of carbonyl (C=O) groups is 7. The van der Waals surface area contributed by atoms with E-state index in [2.05, 4.69) is 150 Å². The van der Waals surface area contributed by atoms with Crippen LogP contribution in [0, 0.1) is 34.9 Å². The number of ether oxygens (including phenoxy) is 8. The van der Waals surface area contributed by atoms with Gasteiger partial charge in [-0.05, 0) is 253 Å². The van der Waals surface area contributed by atoms with Crippen molar-refractivity contribution >= 4 is 177 Å². The molecule has 0 aliphatic heterocycles. The normalized spacial score (nSPS) is 10.8. The summed E-state index contributed by atoms with van der Waals surface area (Å²) in [5, 5.41) is 55.2. The fraction of sp³-hybridized carbons (Fsp3) is 0.443. The Morgan fingerprint density at radius 2 is 0.896 bits per heavy atom. The molecule has 0 spiro atoms. The molecular weight excluding hydrogens is 2040 g/mol. The molecule has 0 saturated carbocycles. The number of halogens is 4. The molecule has 13 N–H and O–H groups in total. The maximum absolute atomic E-state index is 11.9. The van der Waals surface area contributed by atoms with Crippen LogP contribution >= 0.6 is 83.7 Å². The van der Waals surface area contributed by atoms with Crippen molar-refractivity contribution < 1.29 is 115 Å². The number of phenolic OH excluding ortho intramolecular Hbond substituents is 1. The number of anilines is 5. The van der Waals surface area contributed by atoms with Gasteiger partial charge in [-0.15, -0.1) is 6.42 Å². The molecule has 0 aromatic heterocycles. The average Bonchev–Trinajstić information content (AvgIpc) is 0.851. The number of terminal acetylenes is 1. The highest BCUT2D eigenvalue weighted by Crippen LogP contribution is 2.37. The van der Waals surface area contributed by atoms with E-state index in [1.807, 2.05) is 140 Å². The van der Waals surface area contributed by atoms with E-state index in [0.29, 0.717) is 108 Å². The number of nitrogen functional groups attached to an aromatic ring is 1. The second kappa shape index (κ2) is 70.4. The Hall–Kier alpha value is -9.78.